The SMILES string of the molecule is Cc1cc(Br)ccc1Oc1cc(Br)ccc1C(F)(F)F. The average Bonchev–Trinajstić information content (AvgIpc) is 2.31. The van der Waals surface area contributed by atoms with Crippen LogP contribution in [0.2, 0.25) is 0 Å². The van der Waals surface area contributed by atoms with E-state index in [-0.39, 0.29) is 5.75 Å². The summed E-state index contributed by atoms with van der Waals surface area (Å²) in [5.41, 5.74) is -0.0597. The van der Waals surface area contributed by atoms with E-state index in [0.29, 0.717) is 10.2 Å². The fourth-order valence-corrected chi connectivity index (χ4v) is 2.48. The Labute approximate surface area is 131 Å². The van der Waals surface area contributed by atoms with E-state index >= 15 is 0 Å². The minimum absolute atomic E-state index is 0.225. The largest absolute Gasteiger partial charge is 0.456 e. The molecule has 0 spiro atoms. The van der Waals surface area contributed by atoms with E-state index < -0.39 is 11.7 Å². The summed E-state index contributed by atoms with van der Waals surface area (Å²) < 4.78 is 45.6. The van der Waals surface area contributed by atoms with Crippen molar-refractivity contribution in [3.05, 3.63) is 56.5 Å². The summed E-state index contributed by atoms with van der Waals surface area (Å²) in [5, 5.41) is 0. The minimum Gasteiger partial charge on any atom is -0.456 e. The summed E-state index contributed by atoms with van der Waals surface area (Å²) in [6, 6.07) is 8.76. The Morgan fingerprint density at radius 2 is 1.50 bits per heavy atom. The van der Waals surface area contributed by atoms with E-state index in [1.54, 1.807) is 25.1 Å². The summed E-state index contributed by atoms with van der Waals surface area (Å²) >= 11 is 6.45. The van der Waals surface area contributed by atoms with Crippen molar-refractivity contribution in [2.45, 2.75) is 13.1 Å². The van der Waals surface area contributed by atoms with Crippen molar-refractivity contribution in [1.29, 1.82) is 0 Å². The second kappa shape index (κ2) is 5.77. The summed E-state index contributed by atoms with van der Waals surface area (Å²) in [5.74, 6) is 0.161. The Kier molecular flexibility index (Phi) is 4.44. The smallest absolute Gasteiger partial charge is 0.419 e. The highest BCUT2D eigenvalue weighted by Gasteiger charge is 2.34. The monoisotopic (exact) mass is 408 g/mol. The van der Waals surface area contributed by atoms with Crippen LogP contribution in [0.4, 0.5) is 13.2 Å². The lowest BCUT2D eigenvalue weighted by Crippen LogP contribution is -2.07. The number of alkyl halides is 3. The maximum Gasteiger partial charge on any atom is 0.419 e. The van der Waals surface area contributed by atoms with Crippen molar-refractivity contribution in [2.24, 2.45) is 0 Å². The van der Waals surface area contributed by atoms with Gasteiger partial charge in [0.25, 0.3) is 0 Å². The molecule has 0 saturated heterocycles. The first-order chi connectivity index (χ1) is 9.27. The standard InChI is InChI=1S/C14H9Br2F3O/c1-8-6-9(15)3-5-12(8)20-13-7-10(16)2-4-11(13)14(17,18)19/h2-7H,1H3. The lowest BCUT2D eigenvalue weighted by Gasteiger charge is -2.15. The maximum atomic E-state index is 12.9. The van der Waals surface area contributed by atoms with Gasteiger partial charge in [0, 0.05) is 8.95 Å². The Bertz CT molecular complexity index is 639. The van der Waals surface area contributed by atoms with Gasteiger partial charge in [-0.2, -0.15) is 13.2 Å². The normalized spacial score (nSPS) is 11.5. The highest BCUT2D eigenvalue weighted by Crippen LogP contribution is 2.40. The third kappa shape index (κ3) is 3.55. The van der Waals surface area contributed by atoms with Crippen LogP contribution in [-0.2, 0) is 6.18 Å². The van der Waals surface area contributed by atoms with Crippen LogP contribution in [0.1, 0.15) is 11.1 Å². The number of benzene rings is 2. The zero-order valence-electron chi connectivity index (χ0n) is 10.3. The predicted octanol–water partition coefficient (Wildman–Crippen LogP) is 6.33. The van der Waals surface area contributed by atoms with Gasteiger partial charge in [0.15, 0.2) is 0 Å². The molecule has 0 unspecified atom stereocenters. The van der Waals surface area contributed by atoms with Gasteiger partial charge in [-0.15, -0.1) is 0 Å². The molecule has 0 amide bonds. The topological polar surface area (TPSA) is 9.23 Å². The number of ether oxygens (including phenoxy) is 1. The third-order valence-corrected chi connectivity index (χ3v) is 3.59. The minimum atomic E-state index is -4.46. The van der Waals surface area contributed by atoms with Gasteiger partial charge in [-0.25, -0.2) is 0 Å². The van der Waals surface area contributed by atoms with E-state index in [4.69, 9.17) is 4.74 Å². The molecule has 0 atom stereocenters. The molecule has 0 N–H and O–H groups in total. The van der Waals surface area contributed by atoms with Crippen LogP contribution in [0.3, 0.4) is 0 Å². The van der Waals surface area contributed by atoms with Crippen LogP contribution < -0.4 is 4.74 Å². The molecule has 2 aromatic carbocycles. The molecule has 2 rings (SSSR count). The van der Waals surface area contributed by atoms with E-state index in [1.165, 1.54) is 12.1 Å². The number of aryl methyl sites for hydroxylation is 1. The van der Waals surface area contributed by atoms with Crippen LogP contribution in [0, 0.1) is 6.92 Å². The van der Waals surface area contributed by atoms with E-state index in [1.807, 2.05) is 0 Å². The van der Waals surface area contributed by atoms with E-state index in [2.05, 4.69) is 31.9 Å². The molecule has 2 aromatic rings. The summed E-state index contributed by atoms with van der Waals surface area (Å²) in [6.45, 7) is 1.77. The molecule has 106 valence electrons. The van der Waals surface area contributed by atoms with Crippen LogP contribution in [-0.4, -0.2) is 0 Å². The molecule has 20 heavy (non-hydrogen) atoms. The van der Waals surface area contributed by atoms with Gasteiger partial charge in [0.05, 0.1) is 5.56 Å². The molecule has 0 saturated carbocycles. The van der Waals surface area contributed by atoms with Gasteiger partial charge in [0.2, 0.25) is 0 Å². The highest BCUT2D eigenvalue weighted by atomic mass is 79.9. The fraction of sp³-hybridized carbons (Fsp3) is 0.143. The molecule has 0 aliphatic heterocycles. The van der Waals surface area contributed by atoms with Crippen molar-refractivity contribution in [3.8, 4) is 11.5 Å². The van der Waals surface area contributed by atoms with E-state index in [0.717, 1.165) is 16.1 Å². The van der Waals surface area contributed by atoms with Gasteiger partial charge >= 0.3 is 6.18 Å². The summed E-state index contributed by atoms with van der Waals surface area (Å²) in [7, 11) is 0. The lowest BCUT2D eigenvalue weighted by atomic mass is 10.2. The molecule has 0 fully saturated rings. The number of hydrogen-bond acceptors (Lipinski definition) is 1. The Morgan fingerprint density at radius 1 is 0.900 bits per heavy atom. The molecule has 1 nitrogen and oxygen atoms in total. The zero-order chi connectivity index (χ0) is 14.9. The quantitative estimate of drug-likeness (QED) is 0.563. The highest BCUT2D eigenvalue weighted by molar-refractivity contribution is 9.10. The molecule has 0 bridgehead atoms. The Morgan fingerprint density at radius 3 is 2.10 bits per heavy atom. The number of hydrogen-bond donors (Lipinski definition) is 0. The first kappa shape index (κ1) is 15.4. The van der Waals surface area contributed by atoms with Gasteiger partial charge < -0.3 is 4.74 Å². The Balaban J connectivity index is 2.45. The van der Waals surface area contributed by atoms with Gasteiger partial charge in [-0.05, 0) is 48.9 Å². The van der Waals surface area contributed by atoms with Crippen LogP contribution >= 0.6 is 31.9 Å². The fourth-order valence-electron chi connectivity index (χ4n) is 1.66. The lowest BCUT2D eigenvalue weighted by molar-refractivity contribution is -0.138. The van der Waals surface area contributed by atoms with Crippen molar-refractivity contribution < 1.29 is 17.9 Å². The van der Waals surface area contributed by atoms with Crippen LogP contribution in [0.5, 0.6) is 11.5 Å². The molecular weight excluding hydrogens is 401 g/mol. The van der Waals surface area contributed by atoms with Gasteiger partial charge in [-0.3, -0.25) is 0 Å². The van der Waals surface area contributed by atoms with E-state index in [9.17, 15) is 13.2 Å². The molecule has 6 heteroatoms. The Hall–Kier alpha value is -1.01. The molecule has 0 aliphatic carbocycles. The molecule has 0 heterocycles. The van der Waals surface area contributed by atoms with Crippen molar-refractivity contribution in [2.75, 3.05) is 0 Å². The first-order valence-electron chi connectivity index (χ1n) is 5.58. The predicted molar refractivity (Wildman–Crippen MR) is 78.1 cm³/mol. The number of rotatable bonds is 2. The van der Waals surface area contributed by atoms with Crippen molar-refractivity contribution in [1.82, 2.24) is 0 Å². The summed E-state index contributed by atoms with van der Waals surface area (Å²) in [6.07, 6.45) is -4.46. The van der Waals surface area contributed by atoms with Gasteiger partial charge in [0.1, 0.15) is 11.5 Å². The van der Waals surface area contributed by atoms with Crippen molar-refractivity contribution in [3.63, 3.8) is 0 Å². The second-order valence-corrected chi connectivity index (χ2v) is 5.98. The first-order valence-corrected chi connectivity index (χ1v) is 7.17. The molecule has 0 aliphatic rings. The van der Waals surface area contributed by atoms with Crippen molar-refractivity contribution >= 4 is 31.9 Å². The van der Waals surface area contributed by atoms with Gasteiger partial charge in [-0.1, -0.05) is 31.9 Å². The maximum absolute atomic E-state index is 12.9. The molecular formula is C14H9Br2F3O. The van der Waals surface area contributed by atoms with Crippen LogP contribution in [0.15, 0.2) is 45.3 Å². The second-order valence-electron chi connectivity index (χ2n) is 4.15. The number of halogens is 5. The van der Waals surface area contributed by atoms with Crippen LogP contribution in [0.25, 0.3) is 0 Å². The third-order valence-electron chi connectivity index (χ3n) is 2.61. The molecule has 0 radical (unpaired) electrons. The summed E-state index contributed by atoms with van der Waals surface area (Å²) in [4.78, 5) is 0. The molecule has 0 aromatic heterocycles. The average molecular weight is 410 g/mol. The zero-order valence-corrected chi connectivity index (χ0v) is 13.4.